The Morgan fingerprint density at radius 2 is 1.81 bits per heavy atom. The van der Waals surface area contributed by atoms with E-state index in [1.165, 1.54) is 11.1 Å². The molecule has 0 atom stereocenters. The maximum atomic E-state index is 6.30. The number of hydrogen-bond donors (Lipinski definition) is 0. The number of halogens is 1. The summed E-state index contributed by atoms with van der Waals surface area (Å²) in [5.74, 6) is 0. The molecule has 3 aromatic heterocycles. The zero-order valence-corrected chi connectivity index (χ0v) is 16.0. The highest BCUT2D eigenvalue weighted by Crippen LogP contribution is 2.30. The number of pyridine rings is 2. The Morgan fingerprint density at radius 1 is 0.926 bits per heavy atom. The third kappa shape index (κ3) is 3.40. The van der Waals surface area contributed by atoms with Gasteiger partial charge < -0.3 is 0 Å². The van der Waals surface area contributed by atoms with Gasteiger partial charge >= 0.3 is 0 Å². The molecule has 0 saturated carbocycles. The zero-order chi connectivity index (χ0) is 18.8. The molecule has 0 aliphatic heterocycles. The van der Waals surface area contributed by atoms with Gasteiger partial charge in [-0.05, 0) is 54.1 Å². The van der Waals surface area contributed by atoms with Gasteiger partial charge in [0.25, 0.3) is 0 Å². The second-order valence-corrected chi connectivity index (χ2v) is 6.84. The molecule has 0 saturated heterocycles. The van der Waals surface area contributed by atoms with Crippen LogP contribution in [0.25, 0.3) is 22.0 Å². The first-order valence-electron chi connectivity index (χ1n) is 8.95. The van der Waals surface area contributed by atoms with Gasteiger partial charge in [0.05, 0.1) is 11.4 Å². The van der Waals surface area contributed by atoms with Crippen molar-refractivity contribution in [3.8, 4) is 11.3 Å². The highest BCUT2D eigenvalue weighted by atomic mass is 35.5. The molecule has 4 rings (SSSR count). The number of aryl methyl sites for hydroxylation is 2. The summed E-state index contributed by atoms with van der Waals surface area (Å²) >= 11 is 6.30. The van der Waals surface area contributed by atoms with Crippen LogP contribution in [0.3, 0.4) is 0 Å². The smallest absolute Gasteiger partial charge is 0.136 e. The second kappa shape index (κ2) is 7.41. The Morgan fingerprint density at radius 3 is 2.67 bits per heavy atom. The van der Waals surface area contributed by atoms with Gasteiger partial charge in [-0.15, -0.1) is 0 Å². The van der Waals surface area contributed by atoms with Crippen LogP contribution >= 0.6 is 11.6 Å². The van der Waals surface area contributed by atoms with Crippen molar-refractivity contribution in [2.75, 3.05) is 0 Å². The molecule has 134 valence electrons. The highest BCUT2D eigenvalue weighted by Gasteiger charge is 2.13. The van der Waals surface area contributed by atoms with Crippen molar-refractivity contribution in [3.63, 3.8) is 0 Å². The van der Waals surface area contributed by atoms with E-state index in [-0.39, 0.29) is 0 Å². The summed E-state index contributed by atoms with van der Waals surface area (Å²) in [5.41, 5.74) is 6.37. The molecule has 0 aliphatic rings. The number of benzene rings is 1. The van der Waals surface area contributed by atoms with E-state index in [4.69, 9.17) is 11.6 Å². The maximum Gasteiger partial charge on any atom is 0.136 e. The van der Waals surface area contributed by atoms with Crippen molar-refractivity contribution < 1.29 is 0 Å². The van der Waals surface area contributed by atoms with Crippen LogP contribution in [0.4, 0.5) is 0 Å². The summed E-state index contributed by atoms with van der Waals surface area (Å²) in [5, 5.41) is 2.61. The largest absolute Gasteiger partial charge is 0.260 e. The summed E-state index contributed by atoms with van der Waals surface area (Å²) in [6, 6.07) is 12.2. The van der Waals surface area contributed by atoms with Crippen LogP contribution in [0, 0.1) is 6.92 Å². The van der Waals surface area contributed by atoms with Gasteiger partial charge in [0.1, 0.15) is 11.5 Å². The predicted octanol–water partition coefficient (Wildman–Crippen LogP) is 5.20. The normalized spacial score (nSPS) is 11.1. The van der Waals surface area contributed by atoms with E-state index in [1.807, 2.05) is 30.5 Å². The predicted molar refractivity (Wildman–Crippen MR) is 109 cm³/mol. The minimum absolute atomic E-state index is 0.526. The van der Waals surface area contributed by atoms with Crippen molar-refractivity contribution in [1.29, 1.82) is 0 Å². The standard InChI is InChI=1S/C22H19ClN4/c1-3-15-11-20(27-13-26-15)18-5-4-9-24-21(18)12-19-14(2)6-7-17-16(19)8-10-25-22(17)23/h4-11,13H,3,12H2,1-2H3. The van der Waals surface area contributed by atoms with E-state index in [0.717, 1.165) is 39.8 Å². The topological polar surface area (TPSA) is 51.6 Å². The number of hydrogen-bond acceptors (Lipinski definition) is 4. The fourth-order valence-corrected chi connectivity index (χ4v) is 3.56. The number of aromatic nitrogens is 4. The molecule has 0 amide bonds. The molecular weight excluding hydrogens is 356 g/mol. The Labute approximate surface area is 163 Å². The third-order valence-electron chi connectivity index (χ3n) is 4.84. The Balaban J connectivity index is 1.84. The molecule has 1 aromatic carbocycles. The first-order valence-corrected chi connectivity index (χ1v) is 9.33. The molecule has 0 spiro atoms. The molecule has 3 heterocycles. The molecule has 0 radical (unpaired) electrons. The molecule has 4 nitrogen and oxygen atoms in total. The first-order chi connectivity index (χ1) is 13.2. The van der Waals surface area contributed by atoms with Gasteiger partial charge in [0.2, 0.25) is 0 Å². The molecule has 0 bridgehead atoms. The molecule has 5 heteroatoms. The van der Waals surface area contributed by atoms with E-state index >= 15 is 0 Å². The minimum atomic E-state index is 0.526. The first kappa shape index (κ1) is 17.6. The average Bonchev–Trinajstić information content (AvgIpc) is 2.71. The average molecular weight is 375 g/mol. The van der Waals surface area contributed by atoms with Gasteiger partial charge in [0.15, 0.2) is 0 Å². The fraction of sp³-hybridized carbons (Fsp3) is 0.182. The van der Waals surface area contributed by atoms with E-state index in [9.17, 15) is 0 Å². The van der Waals surface area contributed by atoms with E-state index in [1.54, 1.807) is 12.5 Å². The van der Waals surface area contributed by atoms with Crippen molar-refractivity contribution in [2.24, 2.45) is 0 Å². The van der Waals surface area contributed by atoms with Crippen LogP contribution in [0.2, 0.25) is 5.15 Å². The lowest BCUT2D eigenvalue weighted by Gasteiger charge is -2.13. The molecule has 0 unspecified atom stereocenters. The summed E-state index contributed by atoms with van der Waals surface area (Å²) in [6.07, 6.45) is 6.78. The van der Waals surface area contributed by atoms with Crippen molar-refractivity contribution in [1.82, 2.24) is 19.9 Å². The monoisotopic (exact) mass is 374 g/mol. The molecule has 0 N–H and O–H groups in total. The molecule has 0 aliphatic carbocycles. The van der Waals surface area contributed by atoms with Crippen molar-refractivity contribution >= 4 is 22.4 Å². The summed E-state index contributed by atoms with van der Waals surface area (Å²) < 4.78 is 0. The van der Waals surface area contributed by atoms with Gasteiger partial charge in [-0.1, -0.05) is 30.7 Å². The van der Waals surface area contributed by atoms with Gasteiger partial charge in [0, 0.05) is 35.5 Å². The Kier molecular flexibility index (Phi) is 4.82. The van der Waals surface area contributed by atoms with Crippen LogP contribution in [0.5, 0.6) is 0 Å². The second-order valence-electron chi connectivity index (χ2n) is 6.48. The van der Waals surface area contributed by atoms with Crippen molar-refractivity contribution in [2.45, 2.75) is 26.7 Å². The van der Waals surface area contributed by atoms with Gasteiger partial charge in [-0.3, -0.25) is 4.98 Å². The van der Waals surface area contributed by atoms with Crippen LogP contribution in [-0.4, -0.2) is 19.9 Å². The lowest BCUT2D eigenvalue weighted by Crippen LogP contribution is -2.01. The Hall–Kier alpha value is -2.85. The number of nitrogens with zero attached hydrogens (tertiary/aromatic N) is 4. The lowest BCUT2D eigenvalue weighted by molar-refractivity contribution is 0.995. The fourth-order valence-electron chi connectivity index (χ4n) is 3.34. The van der Waals surface area contributed by atoms with E-state index < -0.39 is 0 Å². The maximum absolute atomic E-state index is 6.30. The van der Waals surface area contributed by atoms with Crippen LogP contribution < -0.4 is 0 Å². The number of fused-ring (bicyclic) bond motifs is 1. The lowest BCUT2D eigenvalue weighted by atomic mass is 9.95. The summed E-state index contributed by atoms with van der Waals surface area (Å²) in [4.78, 5) is 17.7. The van der Waals surface area contributed by atoms with Gasteiger partial charge in [-0.25, -0.2) is 15.0 Å². The van der Waals surface area contributed by atoms with Crippen LogP contribution in [-0.2, 0) is 12.8 Å². The van der Waals surface area contributed by atoms with Crippen LogP contribution in [0.1, 0.15) is 29.4 Å². The quantitative estimate of drug-likeness (QED) is 0.460. The van der Waals surface area contributed by atoms with E-state index in [2.05, 4.69) is 45.9 Å². The summed E-state index contributed by atoms with van der Waals surface area (Å²) in [7, 11) is 0. The van der Waals surface area contributed by atoms with E-state index in [0.29, 0.717) is 11.6 Å². The minimum Gasteiger partial charge on any atom is -0.260 e. The summed E-state index contributed by atoms with van der Waals surface area (Å²) in [6.45, 7) is 4.21. The van der Waals surface area contributed by atoms with Gasteiger partial charge in [-0.2, -0.15) is 0 Å². The molecule has 27 heavy (non-hydrogen) atoms. The third-order valence-corrected chi connectivity index (χ3v) is 5.14. The Bertz CT molecular complexity index is 1120. The highest BCUT2D eigenvalue weighted by molar-refractivity contribution is 6.34. The van der Waals surface area contributed by atoms with Crippen LogP contribution in [0.15, 0.2) is 55.1 Å². The molecular formula is C22H19ClN4. The number of rotatable bonds is 4. The zero-order valence-electron chi connectivity index (χ0n) is 15.3. The molecule has 0 fully saturated rings. The molecule has 4 aromatic rings. The SMILES string of the molecule is CCc1cc(-c2cccnc2Cc2c(C)ccc3c(Cl)nccc23)ncn1. The van der Waals surface area contributed by atoms with Crippen molar-refractivity contribution in [3.05, 3.63) is 82.8 Å².